The summed E-state index contributed by atoms with van der Waals surface area (Å²) in [5, 5.41) is 5.90. The molecule has 110 valence electrons. The highest BCUT2D eigenvalue weighted by Gasteiger charge is 2.14. The standard InChI is InChI=1S/C17H21N3S/c1-5-6-7-15-19-20-13(4)16(18-17(20)21-15)14-9-8-11(2)12(3)10-14/h8-10H,5-7H2,1-4H3. The van der Waals surface area contributed by atoms with Gasteiger partial charge in [0.2, 0.25) is 4.96 Å². The van der Waals surface area contributed by atoms with Gasteiger partial charge in [-0.05, 0) is 44.4 Å². The summed E-state index contributed by atoms with van der Waals surface area (Å²) in [6.45, 7) is 8.60. The van der Waals surface area contributed by atoms with Crippen LogP contribution >= 0.6 is 11.3 Å². The fourth-order valence-electron chi connectivity index (χ4n) is 2.48. The molecule has 3 rings (SSSR count). The van der Waals surface area contributed by atoms with Gasteiger partial charge in [-0.15, -0.1) is 0 Å². The minimum Gasteiger partial charge on any atom is -0.217 e. The second kappa shape index (κ2) is 5.60. The minimum atomic E-state index is 1.01. The molecule has 0 unspecified atom stereocenters. The van der Waals surface area contributed by atoms with Gasteiger partial charge in [0.05, 0.1) is 11.4 Å². The van der Waals surface area contributed by atoms with Crippen LogP contribution < -0.4 is 0 Å². The van der Waals surface area contributed by atoms with Crippen LogP contribution in [0.1, 0.15) is 41.6 Å². The summed E-state index contributed by atoms with van der Waals surface area (Å²) in [6, 6.07) is 6.53. The van der Waals surface area contributed by atoms with Crippen molar-refractivity contribution in [3.05, 3.63) is 40.0 Å². The number of aromatic nitrogens is 3. The van der Waals surface area contributed by atoms with Crippen LogP contribution in [0.3, 0.4) is 0 Å². The van der Waals surface area contributed by atoms with Gasteiger partial charge in [0.1, 0.15) is 5.01 Å². The second-order valence-corrected chi connectivity index (χ2v) is 6.68. The van der Waals surface area contributed by atoms with Gasteiger partial charge in [0.25, 0.3) is 0 Å². The van der Waals surface area contributed by atoms with Crippen LogP contribution in [0.15, 0.2) is 18.2 Å². The predicted molar refractivity (Wildman–Crippen MR) is 89.1 cm³/mol. The van der Waals surface area contributed by atoms with Gasteiger partial charge in [0.15, 0.2) is 0 Å². The van der Waals surface area contributed by atoms with E-state index in [1.165, 1.54) is 34.5 Å². The van der Waals surface area contributed by atoms with E-state index in [1.807, 2.05) is 4.52 Å². The van der Waals surface area contributed by atoms with E-state index in [0.29, 0.717) is 0 Å². The molecule has 0 radical (unpaired) electrons. The van der Waals surface area contributed by atoms with Crippen LogP contribution in [0.2, 0.25) is 0 Å². The number of nitrogens with zero attached hydrogens (tertiary/aromatic N) is 3. The van der Waals surface area contributed by atoms with Gasteiger partial charge in [-0.25, -0.2) is 9.50 Å². The topological polar surface area (TPSA) is 30.2 Å². The lowest BCUT2D eigenvalue weighted by atomic mass is 10.0. The molecule has 1 aromatic carbocycles. The Hall–Kier alpha value is -1.68. The van der Waals surface area contributed by atoms with Crippen molar-refractivity contribution in [2.45, 2.75) is 47.0 Å². The van der Waals surface area contributed by atoms with Crippen LogP contribution in [-0.4, -0.2) is 14.6 Å². The summed E-state index contributed by atoms with van der Waals surface area (Å²) in [7, 11) is 0. The summed E-state index contributed by atoms with van der Waals surface area (Å²) in [4.78, 5) is 5.81. The average molecular weight is 299 g/mol. The normalized spacial score (nSPS) is 11.4. The van der Waals surface area contributed by atoms with E-state index in [1.54, 1.807) is 11.3 Å². The molecule has 4 heteroatoms. The lowest BCUT2D eigenvalue weighted by molar-refractivity contribution is 0.766. The van der Waals surface area contributed by atoms with Gasteiger partial charge < -0.3 is 0 Å². The number of rotatable bonds is 4. The Labute approximate surface area is 129 Å². The Morgan fingerprint density at radius 3 is 2.62 bits per heavy atom. The van der Waals surface area contributed by atoms with Crippen molar-refractivity contribution in [2.24, 2.45) is 0 Å². The van der Waals surface area contributed by atoms with Crippen LogP contribution in [-0.2, 0) is 6.42 Å². The van der Waals surface area contributed by atoms with Crippen molar-refractivity contribution in [3.8, 4) is 11.3 Å². The Morgan fingerprint density at radius 1 is 1.14 bits per heavy atom. The molecule has 0 atom stereocenters. The Kier molecular flexibility index (Phi) is 3.81. The van der Waals surface area contributed by atoms with E-state index in [0.717, 1.165) is 22.8 Å². The first-order valence-corrected chi connectivity index (χ1v) is 8.34. The van der Waals surface area contributed by atoms with E-state index >= 15 is 0 Å². The van der Waals surface area contributed by atoms with E-state index < -0.39 is 0 Å². The van der Waals surface area contributed by atoms with E-state index in [-0.39, 0.29) is 0 Å². The minimum absolute atomic E-state index is 1.01. The van der Waals surface area contributed by atoms with Crippen LogP contribution in [0, 0.1) is 20.8 Å². The Bertz CT molecular complexity index is 783. The number of unbranched alkanes of at least 4 members (excludes halogenated alkanes) is 1. The highest BCUT2D eigenvalue weighted by molar-refractivity contribution is 7.16. The van der Waals surface area contributed by atoms with Gasteiger partial charge in [-0.3, -0.25) is 0 Å². The SMILES string of the molecule is CCCCc1nn2c(C)c(-c3ccc(C)c(C)c3)nc2s1. The zero-order chi connectivity index (χ0) is 15.0. The van der Waals surface area contributed by atoms with E-state index in [2.05, 4.69) is 45.9 Å². The molecule has 0 amide bonds. The molecule has 0 N–H and O–H groups in total. The lowest BCUT2D eigenvalue weighted by Gasteiger charge is -2.03. The number of hydrogen-bond acceptors (Lipinski definition) is 3. The third kappa shape index (κ3) is 2.60. The molecule has 2 aromatic heterocycles. The molecule has 0 fully saturated rings. The number of benzene rings is 1. The number of imidazole rings is 1. The molecule has 0 aliphatic heterocycles. The number of aryl methyl sites for hydroxylation is 4. The third-order valence-corrected chi connectivity index (χ3v) is 4.96. The molecule has 3 nitrogen and oxygen atoms in total. The molecule has 0 aliphatic rings. The van der Waals surface area contributed by atoms with Crippen LogP contribution in [0.4, 0.5) is 0 Å². The van der Waals surface area contributed by atoms with E-state index in [9.17, 15) is 0 Å². The maximum absolute atomic E-state index is 4.80. The zero-order valence-corrected chi connectivity index (χ0v) is 13.9. The molecule has 0 bridgehead atoms. The summed E-state index contributed by atoms with van der Waals surface area (Å²) < 4.78 is 2.00. The average Bonchev–Trinajstić information content (AvgIpc) is 2.99. The molecule has 21 heavy (non-hydrogen) atoms. The van der Waals surface area contributed by atoms with Crippen molar-refractivity contribution in [1.82, 2.24) is 14.6 Å². The van der Waals surface area contributed by atoms with Gasteiger partial charge >= 0.3 is 0 Å². The summed E-state index contributed by atoms with van der Waals surface area (Å²) in [6.07, 6.45) is 3.46. The predicted octanol–water partition coefficient (Wildman–Crippen LogP) is 4.73. The largest absolute Gasteiger partial charge is 0.217 e. The maximum atomic E-state index is 4.80. The summed E-state index contributed by atoms with van der Waals surface area (Å²) >= 11 is 1.71. The van der Waals surface area contributed by atoms with Crippen molar-refractivity contribution >= 4 is 16.3 Å². The first-order chi connectivity index (χ1) is 10.1. The first-order valence-electron chi connectivity index (χ1n) is 7.52. The summed E-state index contributed by atoms with van der Waals surface area (Å²) in [5.41, 5.74) is 5.99. The second-order valence-electron chi connectivity index (χ2n) is 5.64. The molecule has 0 saturated heterocycles. The molecule has 2 heterocycles. The van der Waals surface area contributed by atoms with Crippen LogP contribution in [0.25, 0.3) is 16.2 Å². The monoisotopic (exact) mass is 299 g/mol. The van der Waals surface area contributed by atoms with E-state index in [4.69, 9.17) is 10.1 Å². The molecular weight excluding hydrogens is 278 g/mol. The van der Waals surface area contributed by atoms with Gasteiger partial charge in [-0.1, -0.05) is 36.8 Å². The molecular formula is C17H21N3S. The Morgan fingerprint density at radius 2 is 1.95 bits per heavy atom. The van der Waals surface area contributed by atoms with Gasteiger partial charge in [0, 0.05) is 12.0 Å². The van der Waals surface area contributed by atoms with Crippen molar-refractivity contribution in [3.63, 3.8) is 0 Å². The highest BCUT2D eigenvalue weighted by atomic mass is 32.1. The van der Waals surface area contributed by atoms with Crippen molar-refractivity contribution < 1.29 is 0 Å². The van der Waals surface area contributed by atoms with Crippen molar-refractivity contribution in [1.29, 1.82) is 0 Å². The first kappa shape index (κ1) is 14.3. The molecule has 0 saturated carbocycles. The number of fused-ring (bicyclic) bond motifs is 1. The smallest absolute Gasteiger partial charge is 0.212 e. The molecule has 0 spiro atoms. The van der Waals surface area contributed by atoms with Gasteiger partial charge in [-0.2, -0.15) is 5.10 Å². The highest BCUT2D eigenvalue weighted by Crippen LogP contribution is 2.28. The molecule has 3 aromatic rings. The third-order valence-electron chi connectivity index (χ3n) is 3.99. The lowest BCUT2D eigenvalue weighted by Crippen LogP contribution is -1.92. The fourth-order valence-corrected chi connectivity index (χ4v) is 3.46. The Balaban J connectivity index is 2.01. The van der Waals surface area contributed by atoms with Crippen molar-refractivity contribution in [2.75, 3.05) is 0 Å². The summed E-state index contributed by atoms with van der Waals surface area (Å²) in [5.74, 6) is 0. The van der Waals surface area contributed by atoms with Crippen LogP contribution in [0.5, 0.6) is 0 Å². The quantitative estimate of drug-likeness (QED) is 0.697. The molecule has 0 aliphatic carbocycles. The zero-order valence-electron chi connectivity index (χ0n) is 13.1. The fraction of sp³-hybridized carbons (Fsp3) is 0.412. The maximum Gasteiger partial charge on any atom is 0.212 e. The number of hydrogen-bond donors (Lipinski definition) is 0.